The van der Waals surface area contributed by atoms with Crippen LogP contribution in [0.1, 0.15) is 23.7 Å². The van der Waals surface area contributed by atoms with Crippen LogP contribution in [0.25, 0.3) is 0 Å². The fraction of sp³-hybridized carbons (Fsp3) is 0.412. The first kappa shape index (κ1) is 19.1. The normalized spacial score (nSPS) is 18.9. The molecule has 1 aromatic carbocycles. The Bertz CT molecular complexity index is 838. The van der Waals surface area contributed by atoms with Gasteiger partial charge >= 0.3 is 6.03 Å². The van der Waals surface area contributed by atoms with Crippen molar-refractivity contribution in [3.8, 4) is 0 Å². The summed E-state index contributed by atoms with van der Waals surface area (Å²) in [7, 11) is 1.62. The molecule has 0 unspecified atom stereocenters. The largest absolute Gasteiger partial charge is 0.358 e. The maximum Gasteiger partial charge on any atom is 0.319 e. The van der Waals surface area contributed by atoms with E-state index >= 15 is 0 Å². The van der Waals surface area contributed by atoms with E-state index in [0.29, 0.717) is 29.4 Å². The number of nitrogens with zero attached hydrogens (tertiary/aromatic N) is 3. The molecule has 10 heteroatoms. The molecule has 144 valence electrons. The van der Waals surface area contributed by atoms with Crippen LogP contribution < -0.4 is 21.3 Å². The topological polar surface area (TPSA) is 113 Å². The summed E-state index contributed by atoms with van der Waals surface area (Å²) in [6, 6.07) is 4.75. The van der Waals surface area contributed by atoms with Crippen LogP contribution in [-0.4, -0.2) is 46.6 Å². The van der Waals surface area contributed by atoms with Crippen molar-refractivity contribution in [3.63, 3.8) is 0 Å². The molecule has 1 fully saturated rings. The molecule has 3 amide bonds. The van der Waals surface area contributed by atoms with Gasteiger partial charge in [-0.15, -0.1) is 5.10 Å². The molecule has 0 saturated carbocycles. The molecule has 0 aliphatic carbocycles. The highest BCUT2D eigenvalue weighted by molar-refractivity contribution is 6.30. The van der Waals surface area contributed by atoms with E-state index in [0.717, 1.165) is 5.56 Å². The number of hydrogen-bond acceptors (Lipinski definition) is 5. The SMILES string of the molecule is CNC(=O)[C@@H]1C[C@@H](n2cc(CNC(=O)Nc3ccc(Cl)cc3C)nn2)CN1. The number of urea groups is 1. The number of carbonyl (C=O) groups is 2. The van der Waals surface area contributed by atoms with Crippen molar-refractivity contribution in [2.75, 3.05) is 18.9 Å². The van der Waals surface area contributed by atoms with E-state index in [4.69, 9.17) is 11.6 Å². The number of nitrogens with one attached hydrogen (secondary N) is 4. The molecule has 1 aromatic heterocycles. The first-order valence-electron chi connectivity index (χ1n) is 8.63. The number of amides is 3. The molecule has 0 radical (unpaired) electrons. The van der Waals surface area contributed by atoms with Crippen molar-refractivity contribution in [1.29, 1.82) is 0 Å². The zero-order chi connectivity index (χ0) is 19.4. The monoisotopic (exact) mass is 391 g/mol. The van der Waals surface area contributed by atoms with Gasteiger partial charge in [0.25, 0.3) is 0 Å². The Morgan fingerprint density at radius 1 is 1.41 bits per heavy atom. The van der Waals surface area contributed by atoms with E-state index in [-0.39, 0.29) is 30.6 Å². The molecule has 27 heavy (non-hydrogen) atoms. The Morgan fingerprint density at radius 3 is 2.96 bits per heavy atom. The number of halogens is 1. The highest BCUT2D eigenvalue weighted by Gasteiger charge is 2.30. The van der Waals surface area contributed by atoms with Crippen LogP contribution in [0.4, 0.5) is 10.5 Å². The van der Waals surface area contributed by atoms with E-state index in [1.807, 2.05) is 6.92 Å². The van der Waals surface area contributed by atoms with Gasteiger partial charge in [0, 0.05) is 24.3 Å². The first-order chi connectivity index (χ1) is 13.0. The van der Waals surface area contributed by atoms with Crippen molar-refractivity contribution in [3.05, 3.63) is 40.7 Å². The van der Waals surface area contributed by atoms with Crippen LogP contribution in [0.2, 0.25) is 5.02 Å². The summed E-state index contributed by atoms with van der Waals surface area (Å²) < 4.78 is 1.73. The predicted octanol–water partition coefficient (Wildman–Crippen LogP) is 1.21. The van der Waals surface area contributed by atoms with Crippen LogP contribution in [-0.2, 0) is 11.3 Å². The maximum absolute atomic E-state index is 12.1. The van der Waals surface area contributed by atoms with Gasteiger partial charge in [-0.25, -0.2) is 9.48 Å². The molecular formula is C17H22ClN7O2. The average molecular weight is 392 g/mol. The van der Waals surface area contributed by atoms with Gasteiger partial charge in [0.15, 0.2) is 0 Å². The Labute approximate surface area is 161 Å². The van der Waals surface area contributed by atoms with Crippen molar-refractivity contribution in [2.45, 2.75) is 32.0 Å². The zero-order valence-electron chi connectivity index (χ0n) is 15.1. The molecule has 9 nitrogen and oxygen atoms in total. The minimum absolute atomic E-state index is 0.0336. The van der Waals surface area contributed by atoms with E-state index in [1.165, 1.54) is 0 Å². The standard InChI is InChI=1S/C17H22ClN7O2/c1-10-5-11(18)3-4-14(10)22-17(27)21-7-12-9-25(24-23-12)13-6-15(20-8-13)16(26)19-2/h3-5,9,13,15,20H,6-8H2,1-2H3,(H,19,26)(H2,21,22,27)/t13-,15+/m1/s1. The lowest BCUT2D eigenvalue weighted by Crippen LogP contribution is -2.38. The highest BCUT2D eigenvalue weighted by Crippen LogP contribution is 2.20. The number of benzene rings is 1. The molecule has 0 spiro atoms. The molecule has 2 aromatic rings. The number of aromatic nitrogens is 3. The lowest BCUT2D eigenvalue weighted by atomic mass is 10.1. The van der Waals surface area contributed by atoms with Gasteiger partial charge in [0.05, 0.1) is 24.8 Å². The number of anilines is 1. The van der Waals surface area contributed by atoms with Gasteiger partial charge < -0.3 is 21.3 Å². The van der Waals surface area contributed by atoms with E-state index < -0.39 is 0 Å². The second-order valence-corrected chi connectivity index (χ2v) is 6.86. The van der Waals surface area contributed by atoms with Gasteiger partial charge in [-0.1, -0.05) is 16.8 Å². The Balaban J connectivity index is 1.51. The smallest absolute Gasteiger partial charge is 0.319 e. The fourth-order valence-corrected chi connectivity index (χ4v) is 3.20. The third-order valence-corrected chi connectivity index (χ3v) is 4.70. The van der Waals surface area contributed by atoms with Crippen LogP contribution in [0.5, 0.6) is 0 Å². The third kappa shape index (κ3) is 4.75. The summed E-state index contributed by atoms with van der Waals surface area (Å²) in [5, 5.41) is 20.1. The average Bonchev–Trinajstić information content (AvgIpc) is 3.31. The van der Waals surface area contributed by atoms with Gasteiger partial charge in [0.2, 0.25) is 5.91 Å². The Hall–Kier alpha value is -2.65. The van der Waals surface area contributed by atoms with Crippen molar-refractivity contribution >= 4 is 29.2 Å². The first-order valence-corrected chi connectivity index (χ1v) is 9.00. The molecule has 4 N–H and O–H groups in total. The van der Waals surface area contributed by atoms with Gasteiger partial charge in [0.1, 0.15) is 5.69 Å². The third-order valence-electron chi connectivity index (χ3n) is 4.47. The van der Waals surface area contributed by atoms with Gasteiger partial charge in [-0.05, 0) is 37.1 Å². The number of rotatable bonds is 5. The predicted molar refractivity (Wildman–Crippen MR) is 102 cm³/mol. The summed E-state index contributed by atoms with van der Waals surface area (Å²) in [5.41, 5.74) is 2.21. The summed E-state index contributed by atoms with van der Waals surface area (Å²) in [5.74, 6) is -0.0336. The number of likely N-dealkylation sites (N-methyl/N-ethyl adjacent to an activating group) is 1. The van der Waals surface area contributed by atoms with Crippen molar-refractivity contribution in [1.82, 2.24) is 30.9 Å². The molecule has 3 rings (SSSR count). The van der Waals surface area contributed by atoms with Crippen LogP contribution >= 0.6 is 11.6 Å². The van der Waals surface area contributed by atoms with Crippen LogP contribution in [0.3, 0.4) is 0 Å². The van der Waals surface area contributed by atoms with E-state index in [1.54, 1.807) is 36.1 Å². The van der Waals surface area contributed by atoms with Crippen molar-refractivity contribution < 1.29 is 9.59 Å². The van der Waals surface area contributed by atoms with Gasteiger partial charge in [-0.2, -0.15) is 0 Å². The van der Waals surface area contributed by atoms with Gasteiger partial charge in [-0.3, -0.25) is 4.79 Å². The molecular weight excluding hydrogens is 370 g/mol. The Morgan fingerprint density at radius 2 is 2.22 bits per heavy atom. The molecule has 1 aliphatic rings. The van der Waals surface area contributed by atoms with E-state index in [9.17, 15) is 9.59 Å². The zero-order valence-corrected chi connectivity index (χ0v) is 15.9. The molecule has 2 atom stereocenters. The molecule has 1 saturated heterocycles. The van der Waals surface area contributed by atoms with Crippen molar-refractivity contribution in [2.24, 2.45) is 0 Å². The Kier molecular flexibility index (Phi) is 5.92. The van der Waals surface area contributed by atoms with Crippen LogP contribution in [0, 0.1) is 6.92 Å². The van der Waals surface area contributed by atoms with Crippen LogP contribution in [0.15, 0.2) is 24.4 Å². The lowest BCUT2D eigenvalue weighted by Gasteiger charge is -2.09. The lowest BCUT2D eigenvalue weighted by molar-refractivity contribution is -0.122. The number of hydrogen-bond donors (Lipinski definition) is 4. The maximum atomic E-state index is 12.1. The van der Waals surface area contributed by atoms with E-state index in [2.05, 4.69) is 31.6 Å². The second-order valence-electron chi connectivity index (χ2n) is 6.42. The quantitative estimate of drug-likeness (QED) is 0.612. The fourth-order valence-electron chi connectivity index (χ4n) is 2.97. The molecule has 2 heterocycles. The minimum atomic E-state index is -0.336. The summed E-state index contributed by atoms with van der Waals surface area (Å²) in [6.07, 6.45) is 2.43. The molecule has 1 aliphatic heterocycles. The summed E-state index contributed by atoms with van der Waals surface area (Å²) >= 11 is 5.91. The second kappa shape index (κ2) is 8.36. The summed E-state index contributed by atoms with van der Waals surface area (Å²) in [6.45, 7) is 2.76. The molecule has 0 bridgehead atoms. The number of carbonyl (C=O) groups excluding carboxylic acids is 2. The summed E-state index contributed by atoms with van der Waals surface area (Å²) in [4.78, 5) is 23.8. The number of aryl methyl sites for hydroxylation is 1. The minimum Gasteiger partial charge on any atom is -0.358 e. The highest BCUT2D eigenvalue weighted by atomic mass is 35.5.